The SMILES string of the molecule is COC(=O)c1cccc2[nH]c(C=Cc3ccc(OC)c(OCc4ccccn4)c3)nc12. The molecule has 4 rings (SSSR count). The Morgan fingerprint density at radius 3 is 2.71 bits per heavy atom. The van der Waals surface area contributed by atoms with E-state index in [0.717, 1.165) is 16.8 Å². The summed E-state index contributed by atoms with van der Waals surface area (Å²) in [6.07, 6.45) is 5.47. The molecule has 0 unspecified atom stereocenters. The van der Waals surface area contributed by atoms with Crippen LogP contribution in [-0.2, 0) is 11.3 Å². The van der Waals surface area contributed by atoms with E-state index < -0.39 is 5.97 Å². The number of hydrogen-bond donors (Lipinski definition) is 1. The molecule has 0 saturated heterocycles. The number of benzene rings is 2. The van der Waals surface area contributed by atoms with Gasteiger partial charge in [0.2, 0.25) is 0 Å². The fourth-order valence-electron chi connectivity index (χ4n) is 3.12. The van der Waals surface area contributed by atoms with Gasteiger partial charge in [-0.25, -0.2) is 9.78 Å². The number of hydrogen-bond acceptors (Lipinski definition) is 6. The summed E-state index contributed by atoms with van der Waals surface area (Å²) >= 11 is 0. The van der Waals surface area contributed by atoms with Crippen molar-refractivity contribution in [2.24, 2.45) is 0 Å². The molecule has 0 amide bonds. The smallest absolute Gasteiger partial charge is 0.340 e. The molecule has 0 atom stereocenters. The van der Waals surface area contributed by atoms with Gasteiger partial charge in [-0.3, -0.25) is 4.98 Å². The average molecular weight is 415 g/mol. The summed E-state index contributed by atoms with van der Waals surface area (Å²) in [5, 5.41) is 0. The third-order valence-electron chi connectivity index (χ3n) is 4.66. The molecule has 2 heterocycles. The van der Waals surface area contributed by atoms with E-state index in [2.05, 4.69) is 15.0 Å². The van der Waals surface area contributed by atoms with Crippen molar-refractivity contribution in [3.05, 3.63) is 83.4 Å². The number of esters is 1. The van der Waals surface area contributed by atoms with Gasteiger partial charge in [0.1, 0.15) is 17.9 Å². The minimum atomic E-state index is -0.419. The topological polar surface area (TPSA) is 86.3 Å². The minimum Gasteiger partial charge on any atom is -0.493 e. The highest BCUT2D eigenvalue weighted by atomic mass is 16.5. The Labute approximate surface area is 179 Å². The van der Waals surface area contributed by atoms with E-state index in [1.807, 2.05) is 54.6 Å². The van der Waals surface area contributed by atoms with Crippen LogP contribution in [0.5, 0.6) is 11.5 Å². The first-order valence-corrected chi connectivity index (χ1v) is 9.64. The molecular formula is C24H21N3O4. The summed E-state index contributed by atoms with van der Waals surface area (Å²) in [6, 6.07) is 16.7. The van der Waals surface area contributed by atoms with Crippen LogP contribution >= 0.6 is 0 Å². The van der Waals surface area contributed by atoms with Crippen molar-refractivity contribution in [1.29, 1.82) is 0 Å². The van der Waals surface area contributed by atoms with Crippen LogP contribution in [0.1, 0.15) is 27.4 Å². The number of aromatic nitrogens is 3. The van der Waals surface area contributed by atoms with Crippen molar-refractivity contribution < 1.29 is 19.0 Å². The third-order valence-corrected chi connectivity index (χ3v) is 4.66. The maximum Gasteiger partial charge on any atom is 0.340 e. The quantitative estimate of drug-likeness (QED) is 0.447. The van der Waals surface area contributed by atoms with Gasteiger partial charge in [-0.15, -0.1) is 0 Å². The number of nitrogens with one attached hydrogen (secondary N) is 1. The fourth-order valence-corrected chi connectivity index (χ4v) is 3.12. The first-order valence-electron chi connectivity index (χ1n) is 9.64. The van der Waals surface area contributed by atoms with E-state index in [1.54, 1.807) is 25.4 Å². The summed E-state index contributed by atoms with van der Waals surface area (Å²) in [5.41, 5.74) is 3.49. The first kappa shape index (κ1) is 20.2. The Morgan fingerprint density at radius 2 is 1.94 bits per heavy atom. The molecule has 2 aromatic heterocycles. The summed E-state index contributed by atoms with van der Waals surface area (Å²) in [4.78, 5) is 23.9. The number of ether oxygens (including phenoxy) is 3. The van der Waals surface area contributed by atoms with Gasteiger partial charge in [-0.05, 0) is 48.0 Å². The standard InChI is InChI=1S/C24H21N3O4/c1-29-20-11-9-16(14-21(20)31-15-17-6-3-4-13-25-17)10-12-22-26-19-8-5-7-18(23(19)27-22)24(28)30-2/h3-14H,15H2,1-2H3,(H,26,27). The number of aromatic amines is 1. The van der Waals surface area contributed by atoms with E-state index in [9.17, 15) is 4.79 Å². The van der Waals surface area contributed by atoms with Crippen molar-refractivity contribution in [1.82, 2.24) is 15.0 Å². The van der Waals surface area contributed by atoms with Crippen LogP contribution in [0.15, 0.2) is 60.8 Å². The molecule has 0 aliphatic rings. The third kappa shape index (κ3) is 4.56. The number of rotatable bonds is 7. The second-order valence-electron chi connectivity index (χ2n) is 6.67. The molecule has 0 radical (unpaired) electrons. The number of nitrogens with zero attached hydrogens (tertiary/aromatic N) is 2. The van der Waals surface area contributed by atoms with E-state index in [0.29, 0.717) is 35.0 Å². The van der Waals surface area contributed by atoms with Crippen LogP contribution in [0.3, 0.4) is 0 Å². The van der Waals surface area contributed by atoms with Gasteiger partial charge in [-0.1, -0.05) is 24.3 Å². The lowest BCUT2D eigenvalue weighted by molar-refractivity contribution is 0.0603. The largest absolute Gasteiger partial charge is 0.493 e. The molecule has 31 heavy (non-hydrogen) atoms. The summed E-state index contributed by atoms with van der Waals surface area (Å²) in [5.74, 6) is 1.46. The summed E-state index contributed by atoms with van der Waals surface area (Å²) in [6.45, 7) is 0.338. The number of methoxy groups -OCH3 is 2. The molecule has 7 heteroatoms. The lowest BCUT2D eigenvalue weighted by atomic mass is 10.2. The van der Waals surface area contributed by atoms with Gasteiger partial charge in [0.15, 0.2) is 11.5 Å². The van der Waals surface area contributed by atoms with Crippen LogP contribution in [0.2, 0.25) is 0 Å². The number of carbonyl (C=O) groups excluding carboxylic acids is 1. The van der Waals surface area contributed by atoms with Crippen LogP contribution in [0.4, 0.5) is 0 Å². The van der Waals surface area contributed by atoms with Crippen molar-refractivity contribution in [3.8, 4) is 11.5 Å². The molecule has 0 aliphatic carbocycles. The lowest BCUT2D eigenvalue weighted by Crippen LogP contribution is -2.01. The number of fused-ring (bicyclic) bond motifs is 1. The normalized spacial score (nSPS) is 11.0. The maximum atomic E-state index is 12.0. The number of H-pyrrole nitrogens is 1. The Hall–Kier alpha value is -4.13. The zero-order valence-electron chi connectivity index (χ0n) is 17.2. The monoisotopic (exact) mass is 415 g/mol. The molecule has 0 bridgehead atoms. The molecule has 7 nitrogen and oxygen atoms in total. The number of imidazole rings is 1. The van der Waals surface area contributed by atoms with Crippen molar-refractivity contribution in [2.45, 2.75) is 6.61 Å². The molecule has 2 aromatic carbocycles. The summed E-state index contributed by atoms with van der Waals surface area (Å²) in [7, 11) is 2.96. The second-order valence-corrected chi connectivity index (χ2v) is 6.67. The Balaban J connectivity index is 1.57. The zero-order chi connectivity index (χ0) is 21.6. The number of pyridine rings is 1. The van der Waals surface area contributed by atoms with E-state index >= 15 is 0 Å². The Morgan fingerprint density at radius 1 is 1.03 bits per heavy atom. The Kier molecular flexibility index (Phi) is 5.93. The van der Waals surface area contributed by atoms with Crippen molar-refractivity contribution >= 4 is 29.2 Å². The van der Waals surface area contributed by atoms with E-state index in [4.69, 9.17) is 14.2 Å². The molecule has 156 valence electrons. The maximum absolute atomic E-state index is 12.0. The minimum absolute atomic E-state index is 0.338. The van der Waals surface area contributed by atoms with Gasteiger partial charge in [0, 0.05) is 6.20 Å². The summed E-state index contributed by atoms with van der Waals surface area (Å²) < 4.78 is 16.2. The number of para-hydroxylation sites is 1. The lowest BCUT2D eigenvalue weighted by Gasteiger charge is -2.11. The molecule has 0 spiro atoms. The van der Waals surface area contributed by atoms with Gasteiger partial charge in [-0.2, -0.15) is 0 Å². The van der Waals surface area contributed by atoms with Crippen molar-refractivity contribution in [3.63, 3.8) is 0 Å². The predicted molar refractivity (Wildman–Crippen MR) is 118 cm³/mol. The van der Waals surface area contributed by atoms with Crippen LogP contribution in [0.25, 0.3) is 23.2 Å². The molecule has 0 fully saturated rings. The van der Waals surface area contributed by atoms with Crippen LogP contribution in [-0.4, -0.2) is 35.1 Å². The van der Waals surface area contributed by atoms with Crippen LogP contribution in [0, 0.1) is 0 Å². The molecule has 1 N–H and O–H groups in total. The molecule has 4 aromatic rings. The zero-order valence-corrected chi connectivity index (χ0v) is 17.2. The highest BCUT2D eigenvalue weighted by Crippen LogP contribution is 2.29. The average Bonchev–Trinajstić information content (AvgIpc) is 3.25. The van der Waals surface area contributed by atoms with Gasteiger partial charge in [0.05, 0.1) is 31.0 Å². The predicted octanol–water partition coefficient (Wildman–Crippen LogP) is 4.50. The van der Waals surface area contributed by atoms with Crippen LogP contribution < -0.4 is 9.47 Å². The molecule has 0 saturated carbocycles. The van der Waals surface area contributed by atoms with Crippen molar-refractivity contribution in [2.75, 3.05) is 14.2 Å². The highest BCUT2D eigenvalue weighted by Gasteiger charge is 2.13. The fraction of sp³-hybridized carbons (Fsp3) is 0.125. The Bertz CT molecular complexity index is 1230. The number of carbonyl (C=O) groups is 1. The second kappa shape index (κ2) is 9.13. The first-order chi connectivity index (χ1) is 15.2. The van der Waals surface area contributed by atoms with Gasteiger partial charge >= 0.3 is 5.97 Å². The molecule has 0 aliphatic heterocycles. The van der Waals surface area contributed by atoms with E-state index in [-0.39, 0.29) is 0 Å². The van der Waals surface area contributed by atoms with E-state index in [1.165, 1.54) is 7.11 Å². The van der Waals surface area contributed by atoms with Gasteiger partial charge < -0.3 is 19.2 Å². The van der Waals surface area contributed by atoms with Gasteiger partial charge in [0.25, 0.3) is 0 Å². The molecular weight excluding hydrogens is 394 g/mol. The highest BCUT2D eigenvalue weighted by molar-refractivity contribution is 6.02.